The van der Waals surface area contributed by atoms with E-state index >= 15 is 0 Å². The third kappa shape index (κ3) is 3.96. The minimum atomic E-state index is -0.830. The molecular weight excluding hydrogens is 497 g/mol. The molecule has 7 nitrogen and oxygen atoms in total. The Morgan fingerprint density at radius 1 is 1.05 bits per heavy atom. The molecule has 9 heteroatoms. The van der Waals surface area contributed by atoms with Crippen molar-refractivity contribution in [1.29, 1.82) is 0 Å². The maximum absolute atomic E-state index is 14.8. The highest BCUT2D eigenvalue weighted by Crippen LogP contribution is 2.72. The molecular formula is C28H23ClFN3O4. The molecule has 1 saturated heterocycles. The summed E-state index contributed by atoms with van der Waals surface area (Å²) in [4.78, 5) is 46.7. The average Bonchev–Trinajstić information content (AvgIpc) is 2.85. The van der Waals surface area contributed by atoms with E-state index in [-0.39, 0.29) is 29.8 Å². The summed E-state index contributed by atoms with van der Waals surface area (Å²) in [6, 6.07) is 18.4. The first-order valence-electron chi connectivity index (χ1n) is 12.0. The lowest BCUT2D eigenvalue weighted by Crippen LogP contribution is -2.79. The van der Waals surface area contributed by atoms with Crippen molar-refractivity contribution >= 4 is 35.2 Å². The summed E-state index contributed by atoms with van der Waals surface area (Å²) in [6.45, 7) is -0.0725. The molecule has 0 spiro atoms. The predicted octanol–water partition coefficient (Wildman–Crippen LogP) is 4.40. The van der Waals surface area contributed by atoms with E-state index in [1.165, 1.54) is 6.20 Å². The van der Waals surface area contributed by atoms with Gasteiger partial charge >= 0.3 is 5.97 Å². The standard InChI is InChI=1S/C28H23ClFN3O4/c29-20-11-21(30)24(31-12-20)33-14-22(34)32(13-18-7-3-1-4-8-18)23(25(33)35)27-15-28(16-27,17-27)37-26(36)19-9-5-2-6-10-19/h1-12,23H,13-17H2. The number of hydrogen-bond acceptors (Lipinski definition) is 5. The minimum Gasteiger partial charge on any atom is -0.455 e. The van der Waals surface area contributed by atoms with E-state index in [0.29, 0.717) is 24.8 Å². The summed E-state index contributed by atoms with van der Waals surface area (Å²) in [5, 5.41) is 0.0980. The molecule has 1 unspecified atom stereocenters. The summed E-state index contributed by atoms with van der Waals surface area (Å²) in [5.74, 6) is -2.09. The number of pyridine rings is 1. The molecule has 2 amide bonds. The van der Waals surface area contributed by atoms with E-state index in [1.54, 1.807) is 29.2 Å². The Balaban J connectivity index is 1.28. The van der Waals surface area contributed by atoms with Gasteiger partial charge in [0.2, 0.25) is 5.91 Å². The van der Waals surface area contributed by atoms with Gasteiger partial charge in [0.25, 0.3) is 5.91 Å². The van der Waals surface area contributed by atoms with Crippen molar-refractivity contribution < 1.29 is 23.5 Å². The fourth-order valence-electron chi connectivity index (χ4n) is 6.06. The number of carbonyl (C=O) groups is 3. The van der Waals surface area contributed by atoms with Gasteiger partial charge in [-0.2, -0.15) is 0 Å². The van der Waals surface area contributed by atoms with E-state index in [9.17, 15) is 18.8 Å². The molecule has 0 N–H and O–H groups in total. The van der Waals surface area contributed by atoms with Crippen LogP contribution in [0.15, 0.2) is 72.9 Å². The molecule has 0 radical (unpaired) electrons. The van der Waals surface area contributed by atoms with Crippen LogP contribution in [-0.2, 0) is 20.9 Å². The van der Waals surface area contributed by atoms with Crippen molar-refractivity contribution in [2.24, 2.45) is 5.41 Å². The smallest absolute Gasteiger partial charge is 0.338 e. The quantitative estimate of drug-likeness (QED) is 0.451. The minimum absolute atomic E-state index is 0.0980. The van der Waals surface area contributed by atoms with Crippen molar-refractivity contribution in [3.05, 3.63) is 94.9 Å². The molecule has 2 heterocycles. The molecule has 7 rings (SSSR count). The topological polar surface area (TPSA) is 79.8 Å². The number of aromatic nitrogens is 1. The van der Waals surface area contributed by atoms with Gasteiger partial charge in [-0.05, 0) is 43.0 Å². The maximum atomic E-state index is 14.8. The lowest BCUT2D eigenvalue weighted by atomic mass is 9.38. The van der Waals surface area contributed by atoms with Gasteiger partial charge in [0.05, 0.1) is 10.6 Å². The van der Waals surface area contributed by atoms with Crippen LogP contribution in [0.25, 0.3) is 0 Å². The first kappa shape index (κ1) is 23.6. The molecule has 4 fully saturated rings. The molecule has 3 aromatic rings. The second-order valence-electron chi connectivity index (χ2n) is 10.1. The van der Waals surface area contributed by atoms with Gasteiger partial charge < -0.3 is 9.64 Å². The van der Waals surface area contributed by atoms with E-state index < -0.39 is 34.8 Å². The lowest BCUT2D eigenvalue weighted by molar-refractivity contribution is -0.278. The van der Waals surface area contributed by atoms with Gasteiger partial charge in [-0.3, -0.25) is 14.5 Å². The molecule has 3 aliphatic carbocycles. The Labute approximate surface area is 217 Å². The Kier molecular flexibility index (Phi) is 5.53. The van der Waals surface area contributed by atoms with Gasteiger partial charge in [0, 0.05) is 18.2 Å². The summed E-state index contributed by atoms with van der Waals surface area (Å²) >= 11 is 5.85. The Bertz CT molecular complexity index is 1380. The van der Waals surface area contributed by atoms with Crippen LogP contribution in [0.4, 0.5) is 10.2 Å². The molecule has 1 atom stereocenters. The number of hydrogen-bond donors (Lipinski definition) is 0. The highest BCUT2D eigenvalue weighted by Gasteiger charge is 2.76. The molecule has 188 valence electrons. The molecule has 2 aromatic carbocycles. The summed E-state index contributed by atoms with van der Waals surface area (Å²) < 4.78 is 20.6. The maximum Gasteiger partial charge on any atom is 0.338 e. The molecule has 37 heavy (non-hydrogen) atoms. The third-order valence-corrected chi connectivity index (χ3v) is 7.79. The SMILES string of the molecule is O=C(OC12CC(C3C(=O)N(c4ncc(Cl)cc4F)CC(=O)N3Cc3ccccc3)(C1)C2)c1ccccc1. The molecule has 4 aliphatic rings. The zero-order valence-corrected chi connectivity index (χ0v) is 20.5. The van der Waals surface area contributed by atoms with Crippen LogP contribution in [0.5, 0.6) is 0 Å². The number of anilines is 1. The zero-order chi connectivity index (χ0) is 25.8. The van der Waals surface area contributed by atoms with Gasteiger partial charge in [-0.15, -0.1) is 0 Å². The van der Waals surface area contributed by atoms with E-state index in [4.69, 9.17) is 16.3 Å². The fourth-order valence-corrected chi connectivity index (χ4v) is 6.21. The highest BCUT2D eigenvalue weighted by atomic mass is 35.5. The Morgan fingerprint density at radius 3 is 2.35 bits per heavy atom. The number of halogens is 2. The zero-order valence-electron chi connectivity index (χ0n) is 19.8. The lowest BCUT2D eigenvalue weighted by Gasteiger charge is -2.72. The van der Waals surface area contributed by atoms with Crippen molar-refractivity contribution in [2.75, 3.05) is 11.4 Å². The molecule has 1 aromatic heterocycles. The van der Waals surface area contributed by atoms with Crippen LogP contribution < -0.4 is 4.90 Å². The van der Waals surface area contributed by atoms with Crippen LogP contribution in [0.3, 0.4) is 0 Å². The number of nitrogens with zero attached hydrogens (tertiary/aromatic N) is 3. The predicted molar refractivity (Wildman–Crippen MR) is 133 cm³/mol. The molecule has 3 saturated carbocycles. The van der Waals surface area contributed by atoms with Gasteiger partial charge in [-0.1, -0.05) is 60.1 Å². The number of esters is 1. The van der Waals surface area contributed by atoms with Crippen LogP contribution >= 0.6 is 11.6 Å². The number of piperazine rings is 1. The van der Waals surface area contributed by atoms with Crippen molar-refractivity contribution in [1.82, 2.24) is 9.88 Å². The second kappa shape index (κ2) is 8.66. The normalized spacial score (nSPS) is 26.4. The fraction of sp³-hybridized carbons (Fsp3) is 0.286. The first-order chi connectivity index (χ1) is 17.8. The van der Waals surface area contributed by atoms with Crippen molar-refractivity contribution in [3.8, 4) is 0 Å². The van der Waals surface area contributed by atoms with Crippen molar-refractivity contribution in [3.63, 3.8) is 0 Å². The molecule has 2 bridgehead atoms. The van der Waals surface area contributed by atoms with E-state index in [0.717, 1.165) is 16.5 Å². The Hall–Kier alpha value is -3.78. The summed E-state index contributed by atoms with van der Waals surface area (Å²) in [5.41, 5.74) is 0.141. The average molecular weight is 520 g/mol. The van der Waals surface area contributed by atoms with Crippen LogP contribution in [0, 0.1) is 11.2 Å². The number of rotatable bonds is 6. The second-order valence-corrected chi connectivity index (χ2v) is 10.6. The number of ether oxygens (including phenoxy) is 1. The summed E-state index contributed by atoms with van der Waals surface area (Å²) in [7, 11) is 0. The third-order valence-electron chi connectivity index (χ3n) is 7.59. The van der Waals surface area contributed by atoms with Crippen LogP contribution in [0.1, 0.15) is 35.2 Å². The van der Waals surface area contributed by atoms with E-state index in [1.807, 2.05) is 36.4 Å². The molecule has 1 aliphatic heterocycles. The number of carbonyl (C=O) groups excluding carboxylic acids is 3. The van der Waals surface area contributed by atoms with Crippen LogP contribution in [0.2, 0.25) is 5.02 Å². The number of amides is 2. The Morgan fingerprint density at radius 2 is 1.70 bits per heavy atom. The van der Waals surface area contributed by atoms with Gasteiger partial charge in [0.15, 0.2) is 11.6 Å². The monoisotopic (exact) mass is 519 g/mol. The van der Waals surface area contributed by atoms with Crippen LogP contribution in [-0.4, -0.2) is 45.9 Å². The first-order valence-corrected chi connectivity index (χ1v) is 12.4. The van der Waals surface area contributed by atoms with Crippen molar-refractivity contribution in [2.45, 2.75) is 37.5 Å². The summed E-state index contributed by atoms with van der Waals surface area (Å²) in [6.07, 6.45) is 2.62. The van der Waals surface area contributed by atoms with Gasteiger partial charge in [0.1, 0.15) is 18.2 Å². The number of benzene rings is 2. The largest absolute Gasteiger partial charge is 0.455 e. The van der Waals surface area contributed by atoms with E-state index in [2.05, 4.69) is 4.98 Å². The van der Waals surface area contributed by atoms with Gasteiger partial charge in [-0.25, -0.2) is 14.2 Å². The highest BCUT2D eigenvalue weighted by molar-refractivity contribution is 6.30.